The summed E-state index contributed by atoms with van der Waals surface area (Å²) in [4.78, 5) is 5.03. The minimum atomic E-state index is -4.28. The van der Waals surface area contributed by atoms with Gasteiger partial charge in [0.25, 0.3) is 0 Å². The van der Waals surface area contributed by atoms with Gasteiger partial charge in [0.2, 0.25) is 0 Å². The molecule has 7 nitrogen and oxygen atoms in total. The summed E-state index contributed by atoms with van der Waals surface area (Å²) in [6, 6.07) is 6.49. The van der Waals surface area contributed by atoms with Crippen LogP contribution in [0.4, 0.5) is 13.2 Å². The van der Waals surface area contributed by atoms with Crippen LogP contribution in [0, 0.1) is 30.6 Å². The second-order valence-electron chi connectivity index (χ2n) is 16.4. The van der Waals surface area contributed by atoms with Crippen molar-refractivity contribution in [2.45, 2.75) is 134 Å². The lowest BCUT2D eigenvalue weighted by atomic mass is 9.59. The highest BCUT2D eigenvalue weighted by molar-refractivity contribution is 7.98. The predicted molar refractivity (Wildman–Crippen MR) is 187 cm³/mol. The molecule has 3 N–H and O–H groups in total. The number of hydrogen-bond donors (Lipinski definition) is 3. The van der Waals surface area contributed by atoms with Gasteiger partial charge in [-0.15, -0.1) is 0 Å². The lowest BCUT2D eigenvalue weighted by Crippen LogP contribution is -2.62. The van der Waals surface area contributed by atoms with Crippen LogP contribution in [0.1, 0.15) is 101 Å². The molecule has 11 heteroatoms. The average Bonchev–Trinajstić information content (AvgIpc) is 3.02. The highest BCUT2D eigenvalue weighted by atomic mass is 32.2. The zero-order valence-corrected chi connectivity index (χ0v) is 30.7. The van der Waals surface area contributed by atoms with Gasteiger partial charge in [-0.2, -0.15) is 13.2 Å². The topological polar surface area (TPSA) is 61.0 Å². The summed E-state index contributed by atoms with van der Waals surface area (Å²) in [6.07, 6.45) is 5.11. The van der Waals surface area contributed by atoms with E-state index in [2.05, 4.69) is 57.2 Å². The first kappa shape index (κ1) is 36.9. The van der Waals surface area contributed by atoms with Crippen molar-refractivity contribution in [3.63, 3.8) is 0 Å². The normalized spacial score (nSPS) is 33.0. The summed E-state index contributed by atoms with van der Waals surface area (Å²) < 4.78 is 59.4. The monoisotopic (exact) mass is 695 g/mol. The number of aryl methyl sites for hydroxylation is 2. The minimum absolute atomic E-state index is 0.0443. The van der Waals surface area contributed by atoms with Crippen molar-refractivity contribution in [3.8, 4) is 0 Å². The molecule has 3 aliphatic heterocycles. The van der Waals surface area contributed by atoms with Gasteiger partial charge in [0.05, 0.1) is 18.6 Å². The van der Waals surface area contributed by atoms with E-state index in [1.54, 1.807) is 7.11 Å². The third kappa shape index (κ3) is 8.57. The van der Waals surface area contributed by atoms with Crippen molar-refractivity contribution >= 4 is 11.9 Å². The van der Waals surface area contributed by atoms with Crippen molar-refractivity contribution in [3.05, 3.63) is 34.9 Å². The predicted octanol–water partition coefficient (Wildman–Crippen LogP) is 6.90. The fourth-order valence-electron chi connectivity index (χ4n) is 9.38. The largest absolute Gasteiger partial charge is 0.394 e. The standard InChI is InChI=1S/C37H60F3N5O2S/c1-25-8-6-9-26(2)33(25)31-19-32-42-34(41-31)43-48-30-11-7-10-27(18-30)23-45(29(24-47-32)20-35(3,4)37(38,39)40)28-21-36(22-28)12-14-44(15-13-36)16-17-46-5/h6,8-9,27-32,34,41-43H,7,10-24H2,1-5H3/t27?,29-,30?,31?,32?,34?/m1/s1. The van der Waals surface area contributed by atoms with Crippen molar-refractivity contribution in [1.82, 2.24) is 25.2 Å². The zero-order chi connectivity index (χ0) is 34.1. The van der Waals surface area contributed by atoms with Crippen LogP contribution in [0.15, 0.2) is 18.2 Å². The summed E-state index contributed by atoms with van der Waals surface area (Å²) in [5, 5.41) is 7.90. The van der Waals surface area contributed by atoms with Crippen molar-refractivity contribution in [2.75, 3.05) is 46.5 Å². The van der Waals surface area contributed by atoms with Crippen molar-refractivity contribution < 1.29 is 22.6 Å². The van der Waals surface area contributed by atoms with Gasteiger partial charge >= 0.3 is 6.18 Å². The molecule has 0 radical (unpaired) electrons. The Hall–Kier alpha value is -0.920. The van der Waals surface area contributed by atoms with Crippen LogP contribution in [0.5, 0.6) is 0 Å². The molecular formula is C37H60F3N5O2S. The number of nitrogens with zero attached hydrogens (tertiary/aromatic N) is 2. The van der Waals surface area contributed by atoms with Gasteiger partial charge in [-0.25, -0.2) is 4.72 Å². The molecule has 6 atom stereocenters. The number of likely N-dealkylation sites (tertiary alicyclic amines) is 1. The van der Waals surface area contributed by atoms with E-state index in [1.165, 1.54) is 43.4 Å². The molecule has 4 bridgehead atoms. The Kier molecular flexibility index (Phi) is 11.8. The van der Waals surface area contributed by atoms with Crippen LogP contribution in [0.25, 0.3) is 0 Å². The van der Waals surface area contributed by atoms with E-state index in [1.807, 2.05) is 11.9 Å². The number of methoxy groups -OCH3 is 1. The van der Waals surface area contributed by atoms with E-state index in [0.717, 1.165) is 71.3 Å². The Morgan fingerprint density at radius 2 is 1.77 bits per heavy atom. The smallest absolute Gasteiger partial charge is 0.383 e. The number of alkyl halides is 3. The lowest BCUT2D eigenvalue weighted by Gasteiger charge is -2.57. The minimum Gasteiger partial charge on any atom is -0.383 e. The second kappa shape index (κ2) is 15.4. The number of fused-ring (bicyclic) bond motifs is 4. The summed E-state index contributed by atoms with van der Waals surface area (Å²) >= 11 is 1.83. The Bertz CT molecular complexity index is 1180. The second-order valence-corrected chi connectivity index (χ2v) is 17.5. The van der Waals surface area contributed by atoms with E-state index >= 15 is 0 Å². The van der Waals surface area contributed by atoms with Crippen molar-refractivity contribution in [1.29, 1.82) is 0 Å². The molecule has 0 aromatic heterocycles. The molecule has 48 heavy (non-hydrogen) atoms. The fourth-order valence-corrected chi connectivity index (χ4v) is 10.5. The van der Waals surface area contributed by atoms with Gasteiger partial charge in [0.1, 0.15) is 12.5 Å². The van der Waals surface area contributed by atoms with E-state index in [9.17, 15) is 13.2 Å². The Morgan fingerprint density at radius 3 is 2.46 bits per heavy atom. The number of benzene rings is 1. The first-order chi connectivity index (χ1) is 22.8. The van der Waals surface area contributed by atoms with Gasteiger partial charge in [-0.1, -0.05) is 50.4 Å². The molecule has 2 saturated carbocycles. The Balaban J connectivity index is 1.25. The Morgan fingerprint density at radius 1 is 1.04 bits per heavy atom. The highest BCUT2D eigenvalue weighted by Crippen LogP contribution is 2.53. The number of rotatable bonds is 7. The number of hydrogen-bond acceptors (Lipinski definition) is 8. The van der Waals surface area contributed by atoms with Gasteiger partial charge in [-0.05, 0) is 106 Å². The first-order valence-corrected chi connectivity index (χ1v) is 19.4. The number of halogens is 3. The molecule has 3 heterocycles. The summed E-state index contributed by atoms with van der Waals surface area (Å²) in [5.74, 6) is 0.477. The molecule has 5 unspecified atom stereocenters. The lowest BCUT2D eigenvalue weighted by molar-refractivity contribution is -0.222. The van der Waals surface area contributed by atoms with Crippen LogP contribution in [0.2, 0.25) is 0 Å². The van der Waals surface area contributed by atoms with Gasteiger partial charge in [-0.3, -0.25) is 15.5 Å². The van der Waals surface area contributed by atoms with Gasteiger partial charge in [0.15, 0.2) is 0 Å². The maximum Gasteiger partial charge on any atom is 0.394 e. The van der Waals surface area contributed by atoms with E-state index in [0.29, 0.717) is 35.7 Å². The number of piperidine rings is 1. The molecule has 3 saturated heterocycles. The molecule has 5 aliphatic rings. The molecule has 0 amide bonds. The van der Waals surface area contributed by atoms with Crippen LogP contribution in [-0.2, 0) is 9.47 Å². The Labute approximate surface area is 291 Å². The van der Waals surface area contributed by atoms with Gasteiger partial charge in [0, 0.05) is 50.0 Å². The molecule has 2 aliphatic carbocycles. The molecular weight excluding hydrogens is 636 g/mol. The van der Waals surface area contributed by atoms with E-state index in [-0.39, 0.29) is 31.0 Å². The third-order valence-corrected chi connectivity index (χ3v) is 13.6. The highest BCUT2D eigenvalue weighted by Gasteiger charge is 2.53. The molecule has 1 aromatic rings. The van der Waals surface area contributed by atoms with Crippen LogP contribution in [-0.4, -0.2) is 92.3 Å². The number of ether oxygens (including phenoxy) is 2. The van der Waals surface area contributed by atoms with Gasteiger partial charge < -0.3 is 14.4 Å². The fraction of sp³-hybridized carbons (Fsp3) is 0.838. The first-order valence-electron chi connectivity index (χ1n) is 18.5. The number of nitrogens with one attached hydrogen (secondary N) is 3. The summed E-state index contributed by atoms with van der Waals surface area (Å²) in [6.45, 7) is 12.1. The average molecular weight is 696 g/mol. The molecule has 1 aromatic carbocycles. The molecule has 1 spiro atoms. The quantitative estimate of drug-likeness (QED) is 0.267. The van der Waals surface area contributed by atoms with Crippen LogP contribution < -0.4 is 15.4 Å². The maximum absolute atomic E-state index is 14.5. The van der Waals surface area contributed by atoms with Crippen LogP contribution in [0.3, 0.4) is 0 Å². The summed E-state index contributed by atoms with van der Waals surface area (Å²) in [7, 11) is 1.76. The zero-order valence-electron chi connectivity index (χ0n) is 29.8. The molecule has 6 rings (SSSR count). The molecule has 5 fully saturated rings. The SMILES string of the molecule is COCCN1CCC2(CC1)CC(N1CC3CCCC(C3)SNC3NC(CC(c4c(C)cccc4C)N3)OC[C@H]1CC(C)(C)C(F)(F)F)C2. The third-order valence-electron chi connectivity index (χ3n) is 12.4. The maximum atomic E-state index is 14.5. The van der Waals surface area contributed by atoms with E-state index in [4.69, 9.17) is 9.47 Å². The van der Waals surface area contributed by atoms with Crippen LogP contribution >= 0.6 is 11.9 Å². The summed E-state index contributed by atoms with van der Waals surface area (Å²) in [5.41, 5.74) is 2.28. The van der Waals surface area contributed by atoms with E-state index < -0.39 is 11.6 Å². The van der Waals surface area contributed by atoms with Crippen molar-refractivity contribution in [2.24, 2.45) is 16.7 Å². The molecule has 272 valence electrons.